The number of hydrogen-bond acceptors (Lipinski definition) is 4. The Morgan fingerprint density at radius 2 is 1.70 bits per heavy atom. The Balaban J connectivity index is 1.21. The number of rotatable bonds is 4. The number of benzene rings is 2. The molecule has 1 saturated carbocycles. The number of anilines is 2. The van der Waals surface area contributed by atoms with Gasteiger partial charge in [0.25, 0.3) is 11.8 Å². The molecule has 0 unspecified atom stereocenters. The number of urea groups is 1. The summed E-state index contributed by atoms with van der Waals surface area (Å²) in [5.74, 6) is -0.858. The van der Waals surface area contributed by atoms with Crippen molar-refractivity contribution in [1.82, 2.24) is 10.2 Å². The van der Waals surface area contributed by atoms with E-state index >= 15 is 0 Å². The van der Waals surface area contributed by atoms with E-state index in [1.54, 1.807) is 29.2 Å². The largest absolute Gasteiger partial charge is 0.325 e. The van der Waals surface area contributed by atoms with E-state index in [9.17, 15) is 19.2 Å². The average molecular weight is 447 g/mol. The molecule has 2 aromatic rings. The van der Waals surface area contributed by atoms with Crippen LogP contribution in [0, 0.1) is 0 Å². The van der Waals surface area contributed by atoms with Gasteiger partial charge in [-0.25, -0.2) is 4.79 Å². The van der Waals surface area contributed by atoms with Gasteiger partial charge in [-0.2, -0.15) is 0 Å². The van der Waals surface area contributed by atoms with Crippen LogP contribution in [0.2, 0.25) is 0 Å². The molecular weight excluding hydrogens is 420 g/mol. The standard InChI is InChI=1S/C25H26N4O4/c30-21(16-29-23(32)25(27-24(29)33)13-4-1-5-14-25)26-19-10-8-18(9-11-19)22(31)28-15-12-17-6-2-3-7-20(17)28/h2-3,6-11H,1,4-5,12-16H2,(H,26,30)(H,27,33). The second-order valence-electron chi connectivity index (χ2n) is 8.93. The van der Waals surface area contributed by atoms with Gasteiger partial charge < -0.3 is 15.5 Å². The molecule has 0 atom stereocenters. The third-order valence-corrected chi connectivity index (χ3v) is 6.80. The van der Waals surface area contributed by atoms with E-state index in [0.29, 0.717) is 30.6 Å². The minimum Gasteiger partial charge on any atom is -0.325 e. The van der Waals surface area contributed by atoms with E-state index < -0.39 is 17.5 Å². The minimum absolute atomic E-state index is 0.0880. The van der Waals surface area contributed by atoms with Gasteiger partial charge in [0.1, 0.15) is 12.1 Å². The molecule has 0 bridgehead atoms. The zero-order valence-corrected chi connectivity index (χ0v) is 18.3. The van der Waals surface area contributed by atoms with E-state index in [1.165, 1.54) is 0 Å². The van der Waals surface area contributed by atoms with Gasteiger partial charge in [0, 0.05) is 23.5 Å². The highest BCUT2D eigenvalue weighted by Gasteiger charge is 2.51. The number of nitrogens with zero attached hydrogens (tertiary/aromatic N) is 2. The number of para-hydroxylation sites is 1. The van der Waals surface area contributed by atoms with Gasteiger partial charge in [-0.15, -0.1) is 0 Å². The molecule has 8 nitrogen and oxygen atoms in total. The van der Waals surface area contributed by atoms with Crippen LogP contribution >= 0.6 is 0 Å². The molecule has 1 aliphatic carbocycles. The van der Waals surface area contributed by atoms with Crippen LogP contribution in [0.3, 0.4) is 0 Å². The highest BCUT2D eigenvalue weighted by Crippen LogP contribution is 2.33. The Morgan fingerprint density at radius 3 is 2.45 bits per heavy atom. The monoisotopic (exact) mass is 446 g/mol. The fourth-order valence-corrected chi connectivity index (χ4v) is 5.06. The first-order valence-electron chi connectivity index (χ1n) is 11.4. The summed E-state index contributed by atoms with van der Waals surface area (Å²) < 4.78 is 0. The molecule has 2 aromatic carbocycles. The Labute approximate surface area is 191 Å². The minimum atomic E-state index is -0.841. The van der Waals surface area contributed by atoms with E-state index in [0.717, 1.165) is 41.8 Å². The zero-order valence-electron chi connectivity index (χ0n) is 18.3. The molecule has 5 amide bonds. The van der Waals surface area contributed by atoms with E-state index in [2.05, 4.69) is 10.6 Å². The summed E-state index contributed by atoms with van der Waals surface area (Å²) in [5, 5.41) is 5.52. The number of imide groups is 1. The van der Waals surface area contributed by atoms with Crippen LogP contribution in [0.25, 0.3) is 0 Å². The van der Waals surface area contributed by atoms with Gasteiger partial charge >= 0.3 is 6.03 Å². The lowest BCUT2D eigenvalue weighted by molar-refractivity contribution is -0.134. The predicted octanol–water partition coefficient (Wildman–Crippen LogP) is 3.08. The number of nitrogens with one attached hydrogen (secondary N) is 2. The Morgan fingerprint density at radius 1 is 0.970 bits per heavy atom. The highest BCUT2D eigenvalue weighted by molar-refractivity contribution is 6.10. The summed E-state index contributed by atoms with van der Waals surface area (Å²) in [6, 6.07) is 14.0. The van der Waals surface area contributed by atoms with Gasteiger partial charge in [0.2, 0.25) is 5.91 Å². The molecule has 8 heteroatoms. The number of amides is 5. The Hall–Kier alpha value is -3.68. The van der Waals surface area contributed by atoms with Gasteiger partial charge in [0.05, 0.1) is 0 Å². The molecule has 2 aliphatic heterocycles. The lowest BCUT2D eigenvalue weighted by Gasteiger charge is -2.30. The SMILES string of the molecule is O=C(CN1C(=O)NC2(CCCCC2)C1=O)Nc1ccc(C(=O)N2CCc3ccccc32)cc1. The van der Waals surface area contributed by atoms with Crippen LogP contribution in [0.15, 0.2) is 48.5 Å². The van der Waals surface area contributed by atoms with E-state index in [4.69, 9.17) is 0 Å². The first kappa shape index (κ1) is 21.2. The van der Waals surface area contributed by atoms with Gasteiger partial charge in [-0.05, 0) is 55.2 Å². The predicted molar refractivity (Wildman–Crippen MR) is 123 cm³/mol. The van der Waals surface area contributed by atoms with Crippen LogP contribution in [0.1, 0.15) is 48.0 Å². The Bertz CT molecular complexity index is 1120. The molecule has 3 aliphatic rings. The molecule has 2 fully saturated rings. The first-order chi connectivity index (χ1) is 16.0. The van der Waals surface area contributed by atoms with Crippen LogP contribution in [0.4, 0.5) is 16.2 Å². The molecule has 2 heterocycles. The fraction of sp³-hybridized carbons (Fsp3) is 0.360. The third-order valence-electron chi connectivity index (χ3n) is 6.80. The first-order valence-corrected chi connectivity index (χ1v) is 11.4. The molecule has 0 radical (unpaired) electrons. The normalized spacial score (nSPS) is 18.9. The van der Waals surface area contributed by atoms with Crippen molar-refractivity contribution >= 4 is 35.1 Å². The summed E-state index contributed by atoms with van der Waals surface area (Å²) in [6.45, 7) is 0.307. The average Bonchev–Trinajstić information content (AvgIpc) is 3.35. The summed E-state index contributed by atoms with van der Waals surface area (Å²) in [6.07, 6.45) is 4.90. The van der Waals surface area contributed by atoms with Crippen LogP contribution in [0.5, 0.6) is 0 Å². The summed E-state index contributed by atoms with van der Waals surface area (Å²) in [4.78, 5) is 53.4. The van der Waals surface area contributed by atoms with Crippen LogP contribution < -0.4 is 15.5 Å². The molecule has 1 saturated heterocycles. The molecule has 2 N–H and O–H groups in total. The maximum absolute atomic E-state index is 12.9. The molecule has 5 rings (SSSR count). The number of fused-ring (bicyclic) bond motifs is 1. The molecular formula is C25H26N4O4. The molecule has 1 spiro atoms. The van der Waals surface area contributed by atoms with Crippen LogP contribution in [-0.4, -0.2) is 47.3 Å². The fourth-order valence-electron chi connectivity index (χ4n) is 5.06. The summed E-state index contributed by atoms with van der Waals surface area (Å²) >= 11 is 0. The van der Waals surface area contributed by atoms with Crippen molar-refractivity contribution in [2.45, 2.75) is 44.1 Å². The van der Waals surface area contributed by atoms with Crippen molar-refractivity contribution in [2.75, 3.05) is 23.3 Å². The van der Waals surface area contributed by atoms with Gasteiger partial charge in [0.15, 0.2) is 0 Å². The van der Waals surface area contributed by atoms with E-state index in [1.807, 2.05) is 24.3 Å². The quantitative estimate of drug-likeness (QED) is 0.705. The Kier molecular flexibility index (Phi) is 5.36. The number of hydrogen-bond donors (Lipinski definition) is 2. The van der Waals surface area contributed by atoms with Crippen molar-refractivity contribution in [1.29, 1.82) is 0 Å². The second-order valence-corrected chi connectivity index (χ2v) is 8.93. The third kappa shape index (κ3) is 3.86. The lowest BCUT2D eigenvalue weighted by atomic mass is 9.82. The zero-order chi connectivity index (χ0) is 23.0. The highest BCUT2D eigenvalue weighted by atomic mass is 16.2. The van der Waals surface area contributed by atoms with Gasteiger partial charge in [-0.1, -0.05) is 37.5 Å². The number of carbonyl (C=O) groups is 4. The molecule has 0 aromatic heterocycles. The van der Waals surface area contributed by atoms with Crippen molar-refractivity contribution in [3.05, 3.63) is 59.7 Å². The number of carbonyl (C=O) groups excluding carboxylic acids is 4. The smallest absolute Gasteiger partial charge is 0.325 e. The van der Waals surface area contributed by atoms with Crippen molar-refractivity contribution in [3.8, 4) is 0 Å². The van der Waals surface area contributed by atoms with Gasteiger partial charge in [-0.3, -0.25) is 19.3 Å². The van der Waals surface area contributed by atoms with Crippen molar-refractivity contribution in [2.24, 2.45) is 0 Å². The topological polar surface area (TPSA) is 98.8 Å². The summed E-state index contributed by atoms with van der Waals surface area (Å²) in [5.41, 5.74) is 2.27. The van der Waals surface area contributed by atoms with Crippen LogP contribution in [-0.2, 0) is 16.0 Å². The van der Waals surface area contributed by atoms with Crippen molar-refractivity contribution < 1.29 is 19.2 Å². The maximum atomic E-state index is 12.9. The molecule has 170 valence electrons. The maximum Gasteiger partial charge on any atom is 0.325 e. The lowest BCUT2D eigenvalue weighted by Crippen LogP contribution is -2.48. The van der Waals surface area contributed by atoms with Crippen molar-refractivity contribution in [3.63, 3.8) is 0 Å². The van der Waals surface area contributed by atoms with E-state index in [-0.39, 0.29) is 18.4 Å². The second kappa shape index (κ2) is 8.35. The summed E-state index contributed by atoms with van der Waals surface area (Å²) in [7, 11) is 0. The molecule has 33 heavy (non-hydrogen) atoms.